The van der Waals surface area contributed by atoms with Gasteiger partial charge in [0, 0.05) is 32.6 Å². The molecule has 2 heterocycles. The zero-order chi connectivity index (χ0) is 35.3. The van der Waals surface area contributed by atoms with Gasteiger partial charge in [-0.3, -0.25) is 19.2 Å². The summed E-state index contributed by atoms with van der Waals surface area (Å²) in [5, 5.41) is 3.58. The van der Waals surface area contributed by atoms with Crippen LogP contribution >= 0.6 is 0 Å². The van der Waals surface area contributed by atoms with Gasteiger partial charge in [0.15, 0.2) is 24.6 Å². The van der Waals surface area contributed by atoms with Gasteiger partial charge < -0.3 is 42.6 Å². The van der Waals surface area contributed by atoms with Gasteiger partial charge in [0.05, 0.1) is 32.5 Å². The Labute approximate surface area is 282 Å². The highest BCUT2D eigenvalue weighted by atomic mass is 16.8. The fourth-order valence-corrected chi connectivity index (χ4v) is 5.44. The zero-order valence-corrected chi connectivity index (χ0v) is 27.4. The lowest BCUT2D eigenvalue weighted by Crippen LogP contribution is -2.63. The molecule has 2 aliphatic rings. The molecular formula is C33H39N3O13. The zero-order valence-electron chi connectivity index (χ0n) is 27.4. The Hall–Kier alpha value is -4.57. The molecule has 49 heavy (non-hydrogen) atoms. The molecule has 2 aromatic rings. The third-order valence-electron chi connectivity index (χ3n) is 7.34. The van der Waals surface area contributed by atoms with Crippen molar-refractivity contribution in [2.45, 2.75) is 96.2 Å². The Morgan fingerprint density at radius 2 is 1.18 bits per heavy atom. The summed E-state index contributed by atoms with van der Waals surface area (Å²) in [6.07, 6.45) is -11.4. The second kappa shape index (κ2) is 18.3. The molecule has 0 N–H and O–H groups in total. The smallest absolute Gasteiger partial charge is 0.305 e. The van der Waals surface area contributed by atoms with Crippen LogP contribution in [0, 0.1) is 0 Å². The number of azide groups is 1. The van der Waals surface area contributed by atoms with Crippen molar-refractivity contribution in [1.29, 1.82) is 0 Å². The van der Waals surface area contributed by atoms with Crippen molar-refractivity contribution in [3.8, 4) is 0 Å². The molecule has 16 nitrogen and oxygen atoms in total. The van der Waals surface area contributed by atoms with E-state index in [9.17, 15) is 19.2 Å². The molecule has 9 atom stereocenters. The number of hydrogen-bond acceptors (Lipinski definition) is 14. The molecule has 0 saturated carbocycles. The van der Waals surface area contributed by atoms with E-state index in [1.165, 1.54) is 13.8 Å². The van der Waals surface area contributed by atoms with Crippen LogP contribution in [-0.4, -0.2) is 92.3 Å². The fraction of sp³-hybridized carbons (Fsp3) is 0.515. The first-order valence-corrected chi connectivity index (χ1v) is 15.5. The lowest BCUT2D eigenvalue weighted by atomic mass is 9.97. The van der Waals surface area contributed by atoms with E-state index in [1.54, 1.807) is 0 Å². The normalized spacial score (nSPS) is 27.7. The summed E-state index contributed by atoms with van der Waals surface area (Å²) >= 11 is 0. The largest absolute Gasteiger partial charge is 0.456 e. The first-order chi connectivity index (χ1) is 23.5. The highest BCUT2D eigenvalue weighted by Crippen LogP contribution is 2.35. The summed E-state index contributed by atoms with van der Waals surface area (Å²) in [7, 11) is 0. The standard InChI is InChI=1S/C33H39N3O13/c1-19(37)43-28-26(18-41-16-23-11-7-5-8-12-23)48-32(30(29(28)44-20(2)38)42-17-24-13-9-6-10-14-24)49-27-25(15-35-36-34)47-33(46-22(4)40)31(27)45-21(3)39/h5-14,25-33H,15-18H2,1-4H3/t25-,26-,27-,28-,29+,30-,31-,32-,33?/m1/s1. The Morgan fingerprint density at radius 3 is 1.76 bits per heavy atom. The molecule has 2 fully saturated rings. The van der Waals surface area contributed by atoms with Crippen LogP contribution in [0.15, 0.2) is 65.8 Å². The summed E-state index contributed by atoms with van der Waals surface area (Å²) in [5.74, 6) is -2.88. The van der Waals surface area contributed by atoms with Gasteiger partial charge in [-0.15, -0.1) is 0 Å². The summed E-state index contributed by atoms with van der Waals surface area (Å²) < 4.78 is 53.1. The van der Waals surface area contributed by atoms with Gasteiger partial charge in [-0.2, -0.15) is 0 Å². The molecule has 2 aromatic carbocycles. The van der Waals surface area contributed by atoms with E-state index in [2.05, 4.69) is 10.0 Å². The van der Waals surface area contributed by atoms with E-state index >= 15 is 0 Å². The quantitative estimate of drug-likeness (QED) is 0.0870. The molecule has 2 aliphatic heterocycles. The summed E-state index contributed by atoms with van der Waals surface area (Å²) in [4.78, 5) is 51.8. The van der Waals surface area contributed by atoms with Crippen molar-refractivity contribution in [3.05, 3.63) is 82.2 Å². The van der Waals surface area contributed by atoms with E-state index < -0.39 is 79.2 Å². The van der Waals surface area contributed by atoms with E-state index in [1.807, 2.05) is 60.7 Å². The summed E-state index contributed by atoms with van der Waals surface area (Å²) in [6, 6.07) is 18.4. The van der Waals surface area contributed by atoms with Crippen LogP contribution in [0.4, 0.5) is 0 Å². The Kier molecular flexibility index (Phi) is 13.9. The molecular weight excluding hydrogens is 646 g/mol. The highest BCUT2D eigenvalue weighted by molar-refractivity contribution is 5.68. The second-order valence-corrected chi connectivity index (χ2v) is 11.2. The lowest BCUT2D eigenvalue weighted by molar-refractivity contribution is -0.331. The van der Waals surface area contributed by atoms with Crippen LogP contribution in [0.2, 0.25) is 0 Å². The Balaban J connectivity index is 1.72. The lowest BCUT2D eigenvalue weighted by Gasteiger charge is -2.45. The molecule has 0 amide bonds. The molecule has 0 aliphatic carbocycles. The van der Waals surface area contributed by atoms with E-state index in [0.29, 0.717) is 0 Å². The van der Waals surface area contributed by atoms with E-state index in [0.717, 1.165) is 25.0 Å². The van der Waals surface area contributed by atoms with Gasteiger partial charge in [0.25, 0.3) is 0 Å². The molecule has 16 heteroatoms. The third kappa shape index (κ3) is 11.0. The van der Waals surface area contributed by atoms with E-state index in [-0.39, 0.29) is 26.4 Å². The van der Waals surface area contributed by atoms with Crippen LogP contribution < -0.4 is 0 Å². The summed E-state index contributed by atoms with van der Waals surface area (Å²) in [5.41, 5.74) is 10.6. The number of rotatable bonds is 15. The van der Waals surface area contributed by atoms with Gasteiger partial charge in [-0.1, -0.05) is 65.8 Å². The first kappa shape index (κ1) is 37.3. The minimum Gasteiger partial charge on any atom is -0.456 e. The molecule has 0 aromatic heterocycles. The minimum atomic E-state index is -1.43. The van der Waals surface area contributed by atoms with Gasteiger partial charge >= 0.3 is 23.9 Å². The van der Waals surface area contributed by atoms with Crippen LogP contribution in [0.5, 0.6) is 0 Å². The molecule has 1 unspecified atom stereocenters. The van der Waals surface area contributed by atoms with Gasteiger partial charge in [0.1, 0.15) is 18.3 Å². The maximum absolute atomic E-state index is 12.5. The number of hydrogen-bond donors (Lipinski definition) is 0. The average Bonchev–Trinajstić information content (AvgIpc) is 3.35. The third-order valence-corrected chi connectivity index (χ3v) is 7.34. The monoisotopic (exact) mass is 685 g/mol. The number of esters is 4. The number of nitrogens with zero attached hydrogens (tertiary/aromatic N) is 3. The van der Waals surface area contributed by atoms with Crippen molar-refractivity contribution < 1.29 is 61.8 Å². The number of carbonyl (C=O) groups is 4. The first-order valence-electron chi connectivity index (χ1n) is 15.5. The molecule has 0 radical (unpaired) electrons. The number of carbonyl (C=O) groups excluding carboxylic acids is 4. The molecule has 0 bridgehead atoms. The van der Waals surface area contributed by atoms with Crippen molar-refractivity contribution in [1.82, 2.24) is 0 Å². The molecule has 0 spiro atoms. The van der Waals surface area contributed by atoms with Gasteiger partial charge in [0.2, 0.25) is 6.29 Å². The van der Waals surface area contributed by atoms with E-state index in [4.69, 9.17) is 48.2 Å². The van der Waals surface area contributed by atoms with Crippen molar-refractivity contribution in [2.24, 2.45) is 5.11 Å². The number of ether oxygens (including phenoxy) is 9. The molecule has 2 saturated heterocycles. The SMILES string of the molecule is CC(=O)OC1O[C@H](CN=[N+]=[N-])[C@@H](O[C@H]2O[C@H](COCc3ccccc3)[C@@H](OC(C)=O)[C@H](OC(C)=O)[C@H]2OCc2ccccc2)[C@H]1OC(C)=O. The van der Waals surface area contributed by atoms with Crippen molar-refractivity contribution in [3.63, 3.8) is 0 Å². The highest BCUT2D eigenvalue weighted by Gasteiger charge is 2.56. The fourth-order valence-electron chi connectivity index (χ4n) is 5.44. The topological polar surface area (TPSA) is 200 Å². The van der Waals surface area contributed by atoms with Crippen LogP contribution in [-0.2, 0) is 75.0 Å². The predicted octanol–water partition coefficient (Wildman–Crippen LogP) is 3.29. The summed E-state index contributed by atoms with van der Waals surface area (Å²) in [6.45, 7) is 4.37. The Bertz CT molecular complexity index is 1460. The maximum atomic E-state index is 12.5. The average molecular weight is 686 g/mol. The minimum absolute atomic E-state index is 0.0127. The van der Waals surface area contributed by atoms with Crippen LogP contribution in [0.25, 0.3) is 10.4 Å². The van der Waals surface area contributed by atoms with Gasteiger partial charge in [-0.25, -0.2) is 0 Å². The van der Waals surface area contributed by atoms with Gasteiger partial charge in [-0.05, 0) is 16.7 Å². The van der Waals surface area contributed by atoms with Crippen LogP contribution in [0.3, 0.4) is 0 Å². The maximum Gasteiger partial charge on any atom is 0.305 e. The second-order valence-electron chi connectivity index (χ2n) is 11.2. The molecule has 4 rings (SSSR count). The number of benzene rings is 2. The Morgan fingerprint density at radius 1 is 0.653 bits per heavy atom. The molecule has 264 valence electrons. The van der Waals surface area contributed by atoms with Crippen molar-refractivity contribution in [2.75, 3.05) is 13.2 Å². The van der Waals surface area contributed by atoms with Crippen molar-refractivity contribution >= 4 is 23.9 Å². The predicted molar refractivity (Wildman–Crippen MR) is 166 cm³/mol. The van der Waals surface area contributed by atoms with Crippen LogP contribution in [0.1, 0.15) is 38.8 Å².